The molecular weight excluding hydrogens is 422 g/mol. The maximum atomic E-state index is 12.1. The Hall–Kier alpha value is -2.31. The molecule has 0 aromatic heterocycles. The average Bonchev–Trinajstić information content (AvgIpc) is 2.70. The van der Waals surface area contributed by atoms with Gasteiger partial charge in [-0.1, -0.05) is 44.5 Å². The van der Waals surface area contributed by atoms with Crippen molar-refractivity contribution in [2.75, 3.05) is 12.4 Å². The second kappa shape index (κ2) is 11.2. The lowest BCUT2D eigenvalue weighted by atomic mass is 9.87. The Morgan fingerprint density at radius 2 is 1.63 bits per heavy atom. The van der Waals surface area contributed by atoms with Crippen LogP contribution in [0.3, 0.4) is 0 Å². The minimum atomic E-state index is -0.649. The third-order valence-electron chi connectivity index (χ3n) is 4.24. The molecule has 2 aromatic carbocycles. The van der Waals surface area contributed by atoms with Crippen LogP contribution in [0.2, 0.25) is 5.02 Å². The van der Waals surface area contributed by atoms with Gasteiger partial charge in [-0.05, 0) is 59.6 Å². The summed E-state index contributed by atoms with van der Waals surface area (Å²) < 4.78 is 4.94. The van der Waals surface area contributed by atoms with Crippen molar-refractivity contribution in [2.45, 2.75) is 43.9 Å². The average molecular weight is 448 g/mol. The van der Waals surface area contributed by atoms with Gasteiger partial charge in [-0.25, -0.2) is 0 Å². The summed E-state index contributed by atoms with van der Waals surface area (Å²) in [7, 11) is 0. The van der Waals surface area contributed by atoms with Crippen LogP contribution < -0.4 is 5.32 Å². The maximum absolute atomic E-state index is 12.1. The van der Waals surface area contributed by atoms with Crippen molar-refractivity contribution in [3.05, 3.63) is 64.7 Å². The van der Waals surface area contributed by atoms with Crippen LogP contribution in [0.1, 0.15) is 49.5 Å². The number of hydrogen-bond acceptors (Lipinski definition) is 5. The lowest BCUT2D eigenvalue weighted by molar-refractivity contribution is -0.148. The smallest absolute Gasteiger partial charge is 0.306 e. The number of halogens is 1. The molecule has 0 heterocycles. The lowest BCUT2D eigenvalue weighted by Crippen LogP contribution is -2.34. The highest BCUT2D eigenvalue weighted by Crippen LogP contribution is 2.22. The Bertz CT molecular complexity index is 874. The molecule has 0 aliphatic heterocycles. The Morgan fingerprint density at radius 3 is 2.23 bits per heavy atom. The molecule has 0 saturated carbocycles. The van der Waals surface area contributed by atoms with E-state index in [9.17, 15) is 14.4 Å². The van der Waals surface area contributed by atoms with E-state index in [-0.39, 0.29) is 11.8 Å². The number of esters is 1. The first-order chi connectivity index (χ1) is 14.1. The number of nitrogens with one attached hydrogen (secondary N) is 1. The number of rotatable bonds is 8. The summed E-state index contributed by atoms with van der Waals surface area (Å²) in [6, 6.07) is 14.5. The molecule has 0 atom stereocenters. The molecule has 2 rings (SSSR count). The molecule has 160 valence electrons. The molecule has 0 spiro atoms. The SMILES string of the molecule is CC(C)(C)c1ccc(C(=O)NC(=O)COC(=O)CCCSc2ccc(Cl)cc2)cc1. The van der Waals surface area contributed by atoms with Crippen LogP contribution in [0.15, 0.2) is 53.4 Å². The number of ether oxygens (including phenoxy) is 1. The van der Waals surface area contributed by atoms with E-state index in [0.29, 0.717) is 17.0 Å². The summed E-state index contributed by atoms with van der Waals surface area (Å²) in [6.45, 7) is 5.76. The molecule has 0 saturated heterocycles. The van der Waals surface area contributed by atoms with Crippen LogP contribution in [0.4, 0.5) is 0 Å². The van der Waals surface area contributed by atoms with E-state index in [1.165, 1.54) is 0 Å². The summed E-state index contributed by atoms with van der Waals surface area (Å²) in [5.74, 6) is -0.894. The van der Waals surface area contributed by atoms with Gasteiger partial charge < -0.3 is 4.74 Å². The van der Waals surface area contributed by atoms with Crippen LogP contribution in [0, 0.1) is 0 Å². The summed E-state index contributed by atoms with van der Waals surface area (Å²) in [6.07, 6.45) is 0.822. The largest absolute Gasteiger partial charge is 0.456 e. The van der Waals surface area contributed by atoms with Crippen molar-refractivity contribution in [1.29, 1.82) is 0 Å². The van der Waals surface area contributed by atoms with Gasteiger partial charge in [0, 0.05) is 21.9 Å². The van der Waals surface area contributed by atoms with E-state index in [4.69, 9.17) is 16.3 Å². The first-order valence-electron chi connectivity index (χ1n) is 9.64. The Kier molecular flexibility index (Phi) is 8.93. The summed E-state index contributed by atoms with van der Waals surface area (Å²) in [5, 5.41) is 2.92. The maximum Gasteiger partial charge on any atom is 0.306 e. The fourth-order valence-electron chi connectivity index (χ4n) is 2.51. The topological polar surface area (TPSA) is 72.5 Å². The van der Waals surface area contributed by atoms with Crippen LogP contribution in [-0.4, -0.2) is 30.1 Å². The molecule has 0 aliphatic rings. The number of carbonyl (C=O) groups is 3. The van der Waals surface area contributed by atoms with E-state index in [1.54, 1.807) is 23.9 Å². The third-order valence-corrected chi connectivity index (χ3v) is 5.59. The fourth-order valence-corrected chi connectivity index (χ4v) is 3.49. The predicted molar refractivity (Wildman–Crippen MR) is 120 cm³/mol. The van der Waals surface area contributed by atoms with Gasteiger partial charge in [0.05, 0.1) is 0 Å². The number of imide groups is 1. The molecule has 0 unspecified atom stereocenters. The van der Waals surface area contributed by atoms with Crippen molar-refractivity contribution in [3.8, 4) is 0 Å². The van der Waals surface area contributed by atoms with E-state index < -0.39 is 24.4 Å². The van der Waals surface area contributed by atoms with Crippen LogP contribution in [0.25, 0.3) is 0 Å². The van der Waals surface area contributed by atoms with Crippen molar-refractivity contribution in [1.82, 2.24) is 5.32 Å². The minimum absolute atomic E-state index is 0.0215. The second-order valence-electron chi connectivity index (χ2n) is 7.77. The van der Waals surface area contributed by atoms with E-state index in [0.717, 1.165) is 16.2 Å². The number of hydrogen-bond donors (Lipinski definition) is 1. The van der Waals surface area contributed by atoms with Crippen molar-refractivity contribution >= 4 is 41.1 Å². The lowest BCUT2D eigenvalue weighted by Gasteiger charge is -2.18. The number of amides is 2. The number of carbonyl (C=O) groups excluding carboxylic acids is 3. The van der Waals surface area contributed by atoms with E-state index >= 15 is 0 Å². The first kappa shape index (κ1) is 24.0. The quantitative estimate of drug-likeness (QED) is 0.350. The predicted octanol–water partition coefficient (Wildman–Crippen LogP) is 5.01. The van der Waals surface area contributed by atoms with Gasteiger partial charge in [0.1, 0.15) is 0 Å². The van der Waals surface area contributed by atoms with Crippen molar-refractivity contribution < 1.29 is 19.1 Å². The van der Waals surface area contributed by atoms with Crippen LogP contribution in [0.5, 0.6) is 0 Å². The second-order valence-corrected chi connectivity index (χ2v) is 9.38. The minimum Gasteiger partial charge on any atom is -0.456 e. The molecule has 7 heteroatoms. The zero-order valence-electron chi connectivity index (χ0n) is 17.4. The highest BCUT2D eigenvalue weighted by atomic mass is 35.5. The van der Waals surface area contributed by atoms with Crippen LogP contribution in [-0.2, 0) is 19.7 Å². The molecular formula is C23H26ClNO4S. The van der Waals surface area contributed by atoms with Gasteiger partial charge in [0.2, 0.25) is 0 Å². The zero-order chi connectivity index (χ0) is 22.1. The van der Waals surface area contributed by atoms with Gasteiger partial charge in [0.15, 0.2) is 6.61 Å². The van der Waals surface area contributed by atoms with Gasteiger partial charge in [0.25, 0.3) is 11.8 Å². The standard InChI is InChI=1S/C23H26ClNO4S/c1-23(2,3)17-8-6-16(7-9-17)22(28)25-20(26)15-29-21(27)5-4-14-30-19-12-10-18(24)11-13-19/h6-13H,4-5,14-15H2,1-3H3,(H,25,26,28). The number of benzene rings is 2. The monoisotopic (exact) mass is 447 g/mol. The van der Waals surface area contributed by atoms with Crippen molar-refractivity contribution in [2.24, 2.45) is 0 Å². The first-order valence-corrected chi connectivity index (χ1v) is 11.0. The highest BCUT2D eigenvalue weighted by Gasteiger charge is 2.16. The molecule has 30 heavy (non-hydrogen) atoms. The molecule has 0 fully saturated rings. The van der Waals surface area contributed by atoms with Gasteiger partial charge >= 0.3 is 5.97 Å². The molecule has 2 aromatic rings. The molecule has 0 radical (unpaired) electrons. The van der Waals surface area contributed by atoms with Crippen LogP contribution >= 0.6 is 23.4 Å². The zero-order valence-corrected chi connectivity index (χ0v) is 18.9. The van der Waals surface area contributed by atoms with Gasteiger partial charge in [-0.2, -0.15) is 0 Å². The van der Waals surface area contributed by atoms with E-state index in [1.807, 2.05) is 36.4 Å². The summed E-state index contributed by atoms with van der Waals surface area (Å²) in [4.78, 5) is 36.9. The number of thioether (sulfide) groups is 1. The Morgan fingerprint density at radius 1 is 1.00 bits per heavy atom. The molecule has 1 N–H and O–H groups in total. The third kappa shape index (κ3) is 8.20. The van der Waals surface area contributed by atoms with Gasteiger partial charge in [-0.3, -0.25) is 19.7 Å². The van der Waals surface area contributed by atoms with Gasteiger partial charge in [-0.15, -0.1) is 11.8 Å². The Balaban J connectivity index is 1.66. The highest BCUT2D eigenvalue weighted by molar-refractivity contribution is 7.99. The molecule has 0 bridgehead atoms. The summed E-state index contributed by atoms with van der Waals surface area (Å²) in [5.41, 5.74) is 1.45. The summed E-state index contributed by atoms with van der Waals surface area (Å²) >= 11 is 7.45. The van der Waals surface area contributed by atoms with E-state index in [2.05, 4.69) is 26.1 Å². The Labute approximate surface area is 186 Å². The molecule has 0 aliphatic carbocycles. The van der Waals surface area contributed by atoms with Crippen molar-refractivity contribution in [3.63, 3.8) is 0 Å². The molecule has 5 nitrogen and oxygen atoms in total. The normalized spacial score (nSPS) is 11.1. The fraction of sp³-hybridized carbons (Fsp3) is 0.348. The molecule has 2 amide bonds.